The predicted octanol–water partition coefficient (Wildman–Crippen LogP) is 1.34. The molecule has 27 heavy (non-hydrogen) atoms. The van der Waals surface area contributed by atoms with E-state index in [-0.39, 0.29) is 30.3 Å². The van der Waals surface area contributed by atoms with E-state index < -0.39 is 21.9 Å². The Bertz CT molecular complexity index is 945. The van der Waals surface area contributed by atoms with Crippen molar-refractivity contribution in [1.29, 1.82) is 0 Å². The molecule has 9 heteroatoms. The van der Waals surface area contributed by atoms with E-state index in [0.29, 0.717) is 5.69 Å². The Labute approximate surface area is 157 Å². The highest BCUT2D eigenvalue weighted by Gasteiger charge is 2.35. The molecule has 0 spiro atoms. The number of hydrogen-bond acceptors (Lipinski definition) is 5. The molecular formula is C18H19N3O5S. The van der Waals surface area contributed by atoms with Gasteiger partial charge in [0.2, 0.25) is 15.9 Å². The fraction of sp³-hybridized carbons (Fsp3) is 0.278. The van der Waals surface area contributed by atoms with Crippen LogP contribution in [0.3, 0.4) is 0 Å². The van der Waals surface area contributed by atoms with Gasteiger partial charge >= 0.3 is 5.97 Å². The Morgan fingerprint density at radius 2 is 1.85 bits per heavy atom. The lowest BCUT2D eigenvalue weighted by molar-refractivity contribution is -0.141. The molecule has 0 radical (unpaired) electrons. The van der Waals surface area contributed by atoms with E-state index in [9.17, 15) is 18.0 Å². The Balaban J connectivity index is 1.76. The number of nitrogens with zero attached hydrogens (tertiary/aromatic N) is 3. The summed E-state index contributed by atoms with van der Waals surface area (Å²) in [6, 6.07) is 9.38. The number of sulfonamides is 1. The van der Waals surface area contributed by atoms with Gasteiger partial charge in [-0.15, -0.1) is 0 Å². The van der Waals surface area contributed by atoms with E-state index >= 15 is 0 Å². The van der Waals surface area contributed by atoms with Gasteiger partial charge in [0.25, 0.3) is 0 Å². The van der Waals surface area contributed by atoms with Crippen LogP contribution in [-0.2, 0) is 26.2 Å². The lowest BCUT2D eigenvalue weighted by Gasteiger charge is -2.19. The molecule has 1 aliphatic rings. The number of carboxylic acid groups (broad SMARTS) is 1. The zero-order valence-electron chi connectivity index (χ0n) is 14.6. The first-order valence-corrected chi connectivity index (χ1v) is 9.71. The predicted molar refractivity (Wildman–Crippen MR) is 97.4 cm³/mol. The molecule has 0 aliphatic carbocycles. The van der Waals surface area contributed by atoms with Crippen molar-refractivity contribution in [1.82, 2.24) is 9.29 Å². The second-order valence-corrected chi connectivity index (χ2v) is 8.40. The van der Waals surface area contributed by atoms with E-state index in [0.717, 1.165) is 5.56 Å². The summed E-state index contributed by atoms with van der Waals surface area (Å²) in [5, 5.41) is 9.06. The Hall–Kier alpha value is -2.78. The fourth-order valence-electron chi connectivity index (χ4n) is 2.93. The van der Waals surface area contributed by atoms with Crippen molar-refractivity contribution < 1.29 is 23.1 Å². The first-order valence-electron chi connectivity index (χ1n) is 8.27. The number of hydrogen-bond donors (Lipinski definition) is 1. The van der Waals surface area contributed by atoms with E-state index in [1.807, 2.05) is 0 Å². The van der Waals surface area contributed by atoms with Crippen molar-refractivity contribution in [2.75, 3.05) is 18.5 Å². The minimum atomic E-state index is -3.70. The van der Waals surface area contributed by atoms with Crippen molar-refractivity contribution in [3.63, 3.8) is 0 Å². The summed E-state index contributed by atoms with van der Waals surface area (Å²) in [6.45, 7) is 0.291. The maximum atomic E-state index is 12.7. The molecule has 142 valence electrons. The van der Waals surface area contributed by atoms with Crippen LogP contribution in [0.5, 0.6) is 0 Å². The molecule has 1 amide bonds. The quantitative estimate of drug-likeness (QED) is 0.799. The van der Waals surface area contributed by atoms with Crippen molar-refractivity contribution in [2.24, 2.45) is 5.92 Å². The molecular weight excluding hydrogens is 370 g/mol. The first-order chi connectivity index (χ1) is 12.8. The number of aliphatic carboxylic acids is 1. The maximum absolute atomic E-state index is 12.7. The van der Waals surface area contributed by atoms with Gasteiger partial charge in [0.05, 0.1) is 10.8 Å². The number of carbonyl (C=O) groups excluding carboxylic acids is 1. The van der Waals surface area contributed by atoms with Crippen molar-refractivity contribution >= 4 is 27.6 Å². The summed E-state index contributed by atoms with van der Waals surface area (Å²) in [5.41, 5.74) is 1.30. The van der Waals surface area contributed by atoms with Gasteiger partial charge in [-0.05, 0) is 42.0 Å². The lowest BCUT2D eigenvalue weighted by Crippen LogP contribution is -2.27. The number of aromatic nitrogens is 1. The average molecular weight is 389 g/mol. The molecule has 1 unspecified atom stereocenters. The number of amides is 1. The summed E-state index contributed by atoms with van der Waals surface area (Å²) in [4.78, 5) is 28.5. The summed E-state index contributed by atoms with van der Waals surface area (Å²) in [6.07, 6.45) is 3.15. The van der Waals surface area contributed by atoms with Crippen LogP contribution >= 0.6 is 0 Å². The standard InChI is InChI=1S/C18H19N3O5S/c1-20(11-13-6-8-19-9-7-13)27(25,26)16-4-2-15(3-5-16)21-12-14(18(23)24)10-17(21)22/h2-9,14H,10-12H2,1H3,(H,23,24). The molecule has 2 heterocycles. The summed E-state index contributed by atoms with van der Waals surface area (Å²) >= 11 is 0. The van der Waals surface area contributed by atoms with E-state index in [1.54, 1.807) is 24.5 Å². The maximum Gasteiger partial charge on any atom is 0.308 e. The first kappa shape index (κ1) is 19.0. The molecule has 3 rings (SSSR count). The zero-order valence-corrected chi connectivity index (χ0v) is 15.5. The number of carboxylic acids is 1. The van der Waals surface area contributed by atoms with Crippen LogP contribution < -0.4 is 4.90 Å². The van der Waals surface area contributed by atoms with Crippen LogP contribution in [-0.4, -0.2) is 48.3 Å². The number of benzene rings is 1. The Morgan fingerprint density at radius 1 is 1.22 bits per heavy atom. The summed E-state index contributed by atoms with van der Waals surface area (Å²) in [5.74, 6) is -2.04. The molecule has 1 N–H and O–H groups in total. The van der Waals surface area contributed by atoms with Gasteiger partial charge in [-0.2, -0.15) is 4.31 Å². The van der Waals surface area contributed by atoms with Gasteiger partial charge in [0.15, 0.2) is 0 Å². The molecule has 1 aromatic carbocycles. The normalized spacial score (nSPS) is 17.5. The van der Waals surface area contributed by atoms with Gasteiger partial charge in [-0.25, -0.2) is 8.42 Å². The van der Waals surface area contributed by atoms with Gasteiger partial charge < -0.3 is 10.0 Å². The highest BCUT2D eigenvalue weighted by atomic mass is 32.2. The van der Waals surface area contributed by atoms with E-state index in [2.05, 4.69) is 4.98 Å². The molecule has 2 aromatic rings. The SMILES string of the molecule is CN(Cc1ccncc1)S(=O)(=O)c1ccc(N2CC(C(=O)O)CC2=O)cc1. The minimum Gasteiger partial charge on any atom is -0.481 e. The molecule has 8 nitrogen and oxygen atoms in total. The van der Waals surface area contributed by atoms with Crippen LogP contribution in [0.1, 0.15) is 12.0 Å². The largest absolute Gasteiger partial charge is 0.481 e. The molecule has 0 saturated carbocycles. The van der Waals surface area contributed by atoms with Gasteiger partial charge in [0, 0.05) is 44.6 Å². The second kappa shape index (κ2) is 7.45. The molecule has 1 fully saturated rings. The average Bonchev–Trinajstić information content (AvgIpc) is 3.05. The van der Waals surface area contributed by atoms with Crippen LogP contribution in [0.2, 0.25) is 0 Å². The van der Waals surface area contributed by atoms with Crippen LogP contribution in [0.4, 0.5) is 5.69 Å². The molecule has 1 aromatic heterocycles. The third-order valence-electron chi connectivity index (χ3n) is 4.49. The third-order valence-corrected chi connectivity index (χ3v) is 6.30. The third kappa shape index (κ3) is 3.99. The van der Waals surface area contributed by atoms with Gasteiger partial charge in [-0.1, -0.05) is 0 Å². The Kier molecular flexibility index (Phi) is 5.24. The van der Waals surface area contributed by atoms with Gasteiger partial charge in [-0.3, -0.25) is 14.6 Å². The van der Waals surface area contributed by atoms with Gasteiger partial charge in [0.1, 0.15) is 0 Å². The number of carbonyl (C=O) groups is 2. The topological polar surface area (TPSA) is 108 Å². The van der Waals surface area contributed by atoms with Crippen molar-refractivity contribution in [2.45, 2.75) is 17.9 Å². The highest BCUT2D eigenvalue weighted by Crippen LogP contribution is 2.27. The monoisotopic (exact) mass is 389 g/mol. The minimum absolute atomic E-state index is 0.0515. The summed E-state index contributed by atoms with van der Waals surface area (Å²) in [7, 11) is -2.21. The Morgan fingerprint density at radius 3 is 2.41 bits per heavy atom. The molecule has 1 atom stereocenters. The molecule has 0 bridgehead atoms. The van der Waals surface area contributed by atoms with E-state index in [4.69, 9.17) is 5.11 Å². The van der Waals surface area contributed by atoms with E-state index in [1.165, 1.54) is 40.5 Å². The van der Waals surface area contributed by atoms with Crippen LogP contribution in [0.25, 0.3) is 0 Å². The smallest absolute Gasteiger partial charge is 0.308 e. The summed E-state index contributed by atoms with van der Waals surface area (Å²) < 4.78 is 26.7. The second-order valence-electron chi connectivity index (χ2n) is 6.35. The van der Waals surface area contributed by atoms with Crippen LogP contribution in [0, 0.1) is 5.92 Å². The fourth-order valence-corrected chi connectivity index (χ4v) is 4.09. The van der Waals surface area contributed by atoms with Crippen molar-refractivity contribution in [3.05, 3.63) is 54.4 Å². The zero-order chi connectivity index (χ0) is 19.6. The lowest BCUT2D eigenvalue weighted by atomic mass is 10.1. The van der Waals surface area contributed by atoms with Crippen LogP contribution in [0.15, 0.2) is 53.7 Å². The van der Waals surface area contributed by atoms with Crippen molar-refractivity contribution in [3.8, 4) is 0 Å². The molecule has 1 saturated heterocycles. The number of pyridine rings is 1. The number of rotatable bonds is 6. The molecule has 1 aliphatic heterocycles. The highest BCUT2D eigenvalue weighted by molar-refractivity contribution is 7.89. The number of anilines is 1.